The summed E-state index contributed by atoms with van der Waals surface area (Å²) in [6.45, 7) is 0.127. The van der Waals surface area contributed by atoms with Gasteiger partial charge in [0.15, 0.2) is 0 Å². The van der Waals surface area contributed by atoms with Crippen LogP contribution < -0.4 is 0 Å². The summed E-state index contributed by atoms with van der Waals surface area (Å²) in [6.07, 6.45) is 0.377. The Morgan fingerprint density at radius 2 is 1.23 bits per heavy atom. The molecule has 3 aromatic rings. The Labute approximate surface area is 174 Å². The Balaban J connectivity index is 1.52. The van der Waals surface area contributed by atoms with E-state index in [4.69, 9.17) is 4.74 Å². The third-order valence-corrected chi connectivity index (χ3v) is 5.16. The predicted molar refractivity (Wildman–Crippen MR) is 112 cm³/mol. The molecule has 0 fully saturated rings. The smallest absolute Gasteiger partial charge is 0.311 e. The van der Waals surface area contributed by atoms with Crippen molar-refractivity contribution in [2.45, 2.75) is 13.0 Å². The Morgan fingerprint density at radius 1 is 0.733 bits per heavy atom. The van der Waals surface area contributed by atoms with Crippen LogP contribution in [0.5, 0.6) is 0 Å². The van der Waals surface area contributed by atoms with Crippen molar-refractivity contribution in [3.63, 3.8) is 0 Å². The molecule has 0 bridgehead atoms. The molecule has 2 amide bonds. The molecule has 1 aliphatic heterocycles. The van der Waals surface area contributed by atoms with E-state index in [1.807, 2.05) is 60.7 Å². The average Bonchev–Trinajstić information content (AvgIpc) is 3.03. The quantitative estimate of drug-likeness (QED) is 0.447. The van der Waals surface area contributed by atoms with Crippen molar-refractivity contribution in [1.82, 2.24) is 4.90 Å². The Hall–Kier alpha value is -3.73. The van der Waals surface area contributed by atoms with Gasteiger partial charge in [-0.05, 0) is 29.7 Å². The van der Waals surface area contributed by atoms with Crippen molar-refractivity contribution in [3.8, 4) is 0 Å². The van der Waals surface area contributed by atoms with E-state index < -0.39 is 11.9 Å². The number of carbonyl (C=O) groups excluding carboxylic acids is 3. The number of nitrogens with zero attached hydrogens (tertiary/aromatic N) is 1. The van der Waals surface area contributed by atoms with E-state index in [1.54, 1.807) is 24.3 Å². The molecule has 30 heavy (non-hydrogen) atoms. The van der Waals surface area contributed by atoms with E-state index in [0.29, 0.717) is 17.5 Å². The standard InChI is InChI=1S/C25H21NO4/c27-23-21-13-7-8-14-22(21)24(28)26(23)16-20(15-18-9-3-1-4-10-18)25(29)30-17-19-11-5-2-6-12-19/h1-14,20H,15-17H2. The first-order chi connectivity index (χ1) is 14.6. The fourth-order valence-electron chi connectivity index (χ4n) is 3.59. The first-order valence-corrected chi connectivity index (χ1v) is 9.83. The van der Waals surface area contributed by atoms with Gasteiger partial charge in [-0.2, -0.15) is 0 Å². The fraction of sp³-hybridized carbons (Fsp3) is 0.160. The molecule has 0 aliphatic carbocycles. The highest BCUT2D eigenvalue weighted by atomic mass is 16.5. The van der Waals surface area contributed by atoms with Crippen LogP contribution in [0.25, 0.3) is 0 Å². The van der Waals surface area contributed by atoms with Gasteiger partial charge < -0.3 is 4.74 Å². The van der Waals surface area contributed by atoms with Crippen LogP contribution in [0.1, 0.15) is 31.8 Å². The van der Waals surface area contributed by atoms with E-state index in [-0.39, 0.29) is 25.0 Å². The van der Waals surface area contributed by atoms with Crippen LogP contribution in [0, 0.1) is 5.92 Å². The van der Waals surface area contributed by atoms with Gasteiger partial charge in [0, 0.05) is 6.54 Å². The molecule has 3 aromatic carbocycles. The molecule has 1 heterocycles. The average molecular weight is 399 g/mol. The maximum Gasteiger partial charge on any atom is 0.311 e. The SMILES string of the molecule is O=C(OCc1ccccc1)C(Cc1ccccc1)CN1C(=O)c2ccccc2C1=O. The molecule has 1 unspecified atom stereocenters. The van der Waals surface area contributed by atoms with E-state index in [1.165, 1.54) is 0 Å². The van der Waals surface area contributed by atoms with Gasteiger partial charge in [0.1, 0.15) is 6.61 Å². The van der Waals surface area contributed by atoms with Gasteiger partial charge in [-0.1, -0.05) is 72.8 Å². The molecule has 0 saturated carbocycles. The molecule has 5 heteroatoms. The second kappa shape index (κ2) is 8.74. The Morgan fingerprint density at radius 3 is 1.80 bits per heavy atom. The number of benzene rings is 3. The minimum absolute atomic E-state index is 0.0190. The van der Waals surface area contributed by atoms with Crippen molar-refractivity contribution < 1.29 is 19.1 Å². The third-order valence-electron chi connectivity index (χ3n) is 5.16. The first-order valence-electron chi connectivity index (χ1n) is 9.83. The maximum absolute atomic E-state index is 12.9. The van der Waals surface area contributed by atoms with Crippen LogP contribution in [-0.4, -0.2) is 29.2 Å². The highest BCUT2D eigenvalue weighted by molar-refractivity contribution is 6.21. The summed E-state index contributed by atoms with van der Waals surface area (Å²) in [5, 5.41) is 0. The first kappa shape index (κ1) is 19.6. The van der Waals surface area contributed by atoms with Gasteiger partial charge in [-0.3, -0.25) is 19.3 Å². The van der Waals surface area contributed by atoms with E-state index >= 15 is 0 Å². The largest absolute Gasteiger partial charge is 0.461 e. The van der Waals surface area contributed by atoms with Gasteiger partial charge >= 0.3 is 5.97 Å². The normalized spacial score (nSPS) is 13.8. The number of esters is 1. The Kier molecular flexibility index (Phi) is 5.70. The number of amides is 2. The third kappa shape index (κ3) is 4.15. The monoisotopic (exact) mass is 399 g/mol. The predicted octanol–water partition coefficient (Wildman–Crippen LogP) is 3.88. The van der Waals surface area contributed by atoms with Crippen LogP contribution in [-0.2, 0) is 22.6 Å². The molecular formula is C25H21NO4. The lowest BCUT2D eigenvalue weighted by molar-refractivity contribution is -0.150. The molecule has 0 N–H and O–H groups in total. The number of hydrogen-bond donors (Lipinski definition) is 0. The zero-order chi connectivity index (χ0) is 20.9. The highest BCUT2D eigenvalue weighted by Gasteiger charge is 2.38. The summed E-state index contributed by atoms with van der Waals surface area (Å²) >= 11 is 0. The van der Waals surface area contributed by atoms with Crippen LogP contribution in [0.3, 0.4) is 0 Å². The second-order valence-electron chi connectivity index (χ2n) is 7.25. The zero-order valence-electron chi connectivity index (χ0n) is 16.4. The minimum Gasteiger partial charge on any atom is -0.461 e. The molecule has 1 aliphatic rings. The summed E-state index contributed by atoms with van der Waals surface area (Å²) in [5.41, 5.74) is 2.57. The lowest BCUT2D eigenvalue weighted by atomic mass is 9.98. The van der Waals surface area contributed by atoms with E-state index in [0.717, 1.165) is 16.0 Å². The summed E-state index contributed by atoms with van der Waals surface area (Å²) in [5.74, 6) is -1.83. The Bertz CT molecular complexity index is 1030. The van der Waals surface area contributed by atoms with E-state index in [2.05, 4.69) is 0 Å². The fourth-order valence-corrected chi connectivity index (χ4v) is 3.59. The zero-order valence-corrected chi connectivity index (χ0v) is 16.4. The molecule has 0 radical (unpaired) electrons. The number of imide groups is 1. The summed E-state index contributed by atoms with van der Waals surface area (Å²) < 4.78 is 5.53. The topological polar surface area (TPSA) is 63.7 Å². The molecule has 0 saturated heterocycles. The maximum atomic E-state index is 12.9. The summed E-state index contributed by atoms with van der Waals surface area (Å²) in [6, 6.07) is 25.6. The minimum atomic E-state index is -0.654. The van der Waals surface area contributed by atoms with Crippen molar-refractivity contribution >= 4 is 17.8 Å². The number of ether oxygens (including phenoxy) is 1. The molecular weight excluding hydrogens is 378 g/mol. The molecule has 4 rings (SSSR count). The molecule has 5 nitrogen and oxygen atoms in total. The van der Waals surface area contributed by atoms with E-state index in [9.17, 15) is 14.4 Å². The highest BCUT2D eigenvalue weighted by Crippen LogP contribution is 2.25. The van der Waals surface area contributed by atoms with Gasteiger partial charge in [0.2, 0.25) is 0 Å². The van der Waals surface area contributed by atoms with Crippen LogP contribution >= 0.6 is 0 Å². The molecule has 150 valence electrons. The number of carbonyl (C=O) groups is 3. The second-order valence-corrected chi connectivity index (χ2v) is 7.25. The molecule has 1 atom stereocenters. The lowest BCUT2D eigenvalue weighted by Crippen LogP contribution is -2.38. The number of hydrogen-bond acceptors (Lipinski definition) is 4. The molecule has 0 spiro atoms. The summed E-state index contributed by atoms with van der Waals surface area (Å²) in [7, 11) is 0. The van der Waals surface area contributed by atoms with Gasteiger partial charge in [0.05, 0.1) is 17.0 Å². The van der Waals surface area contributed by atoms with Crippen molar-refractivity contribution in [2.75, 3.05) is 6.54 Å². The van der Waals surface area contributed by atoms with Crippen LogP contribution in [0.4, 0.5) is 0 Å². The van der Waals surface area contributed by atoms with Crippen LogP contribution in [0.15, 0.2) is 84.9 Å². The number of rotatable bonds is 7. The lowest BCUT2D eigenvalue weighted by Gasteiger charge is -2.21. The van der Waals surface area contributed by atoms with Crippen LogP contribution in [0.2, 0.25) is 0 Å². The van der Waals surface area contributed by atoms with Gasteiger partial charge in [0.25, 0.3) is 11.8 Å². The van der Waals surface area contributed by atoms with Crippen molar-refractivity contribution in [2.24, 2.45) is 5.92 Å². The molecule has 0 aromatic heterocycles. The van der Waals surface area contributed by atoms with Crippen molar-refractivity contribution in [3.05, 3.63) is 107 Å². The van der Waals surface area contributed by atoms with Gasteiger partial charge in [-0.25, -0.2) is 0 Å². The van der Waals surface area contributed by atoms with Gasteiger partial charge in [-0.15, -0.1) is 0 Å². The van der Waals surface area contributed by atoms with Crippen molar-refractivity contribution in [1.29, 1.82) is 0 Å². The summed E-state index contributed by atoms with van der Waals surface area (Å²) in [4.78, 5) is 39.6. The number of fused-ring (bicyclic) bond motifs is 1.